The number of phenols is 1. The highest BCUT2D eigenvalue weighted by Crippen LogP contribution is 2.47. The van der Waals surface area contributed by atoms with Gasteiger partial charge >= 0.3 is 38.4 Å². The standard InChI is InChI=1S/C29H28F3N9O10S2/c1-6-14(2)22(25(43)44)36-27-37-26(38-28(39-27)49-5)35-18-11-12-19(52(45,46)50-33-3)15-13-20(53(47,48)51-34-4)23(24(42)21(15)18)41-40-17-10-8-7-9-16(17)29(30,31)32/h7-14,22,42H,3-4,6H2,1-2,5H3,(H,43,44)(H2,35,36,37,38,39). The van der Waals surface area contributed by atoms with Crippen LogP contribution in [0, 0.1) is 5.92 Å². The van der Waals surface area contributed by atoms with E-state index < -0.39 is 87.6 Å². The molecule has 0 aliphatic rings. The van der Waals surface area contributed by atoms with E-state index in [1.54, 1.807) is 13.8 Å². The third-order valence-corrected chi connectivity index (χ3v) is 9.64. The fraction of sp³-hybridized carbons (Fsp3) is 0.241. The number of phenolic OH excluding ortho intramolecular Hbond substituents is 1. The number of hydrogen-bond donors (Lipinski definition) is 4. The number of carbonyl (C=O) groups is 1. The number of fused-ring (bicyclic) bond motifs is 1. The maximum absolute atomic E-state index is 13.7. The van der Waals surface area contributed by atoms with E-state index in [4.69, 9.17) is 4.74 Å². The first-order chi connectivity index (χ1) is 24.9. The minimum absolute atomic E-state index is 0.280. The van der Waals surface area contributed by atoms with Gasteiger partial charge in [0.2, 0.25) is 11.9 Å². The molecule has 2 unspecified atom stereocenters. The van der Waals surface area contributed by atoms with E-state index in [0.29, 0.717) is 18.6 Å². The summed E-state index contributed by atoms with van der Waals surface area (Å²) < 4.78 is 108. The van der Waals surface area contributed by atoms with E-state index in [1.165, 1.54) is 13.2 Å². The zero-order valence-electron chi connectivity index (χ0n) is 27.6. The van der Waals surface area contributed by atoms with Crippen LogP contribution in [-0.4, -0.2) is 74.6 Å². The van der Waals surface area contributed by atoms with Crippen LogP contribution in [0.4, 0.5) is 42.1 Å². The lowest BCUT2D eigenvalue weighted by Gasteiger charge is -2.20. The third-order valence-electron chi connectivity index (χ3n) is 7.29. The number of aromatic hydroxyl groups is 1. The molecule has 1 aromatic heterocycles. The number of aromatic nitrogens is 3. The lowest BCUT2D eigenvalue weighted by atomic mass is 10.00. The van der Waals surface area contributed by atoms with Gasteiger partial charge in [-0.2, -0.15) is 45.0 Å². The van der Waals surface area contributed by atoms with Crippen LogP contribution in [-0.2, 0) is 39.8 Å². The van der Waals surface area contributed by atoms with E-state index in [9.17, 15) is 45.0 Å². The molecule has 4 rings (SSSR count). The summed E-state index contributed by atoms with van der Waals surface area (Å²) in [4.78, 5) is 22.2. The number of azo groups is 1. The van der Waals surface area contributed by atoms with Crippen molar-refractivity contribution in [1.29, 1.82) is 0 Å². The number of nitrogens with zero attached hydrogens (tertiary/aromatic N) is 7. The summed E-state index contributed by atoms with van der Waals surface area (Å²) in [5.74, 6) is -3.47. The smallest absolute Gasteiger partial charge is 0.418 e. The van der Waals surface area contributed by atoms with Gasteiger partial charge in [-0.3, -0.25) is 8.57 Å². The summed E-state index contributed by atoms with van der Waals surface area (Å²) >= 11 is 0. The maximum Gasteiger partial charge on any atom is 0.418 e. The van der Waals surface area contributed by atoms with Crippen molar-refractivity contribution < 1.29 is 58.3 Å². The summed E-state index contributed by atoms with van der Waals surface area (Å²) in [6.45, 7) is 9.30. The highest BCUT2D eigenvalue weighted by Gasteiger charge is 2.34. The number of oxime groups is 2. The van der Waals surface area contributed by atoms with Gasteiger partial charge in [0.05, 0.1) is 29.4 Å². The van der Waals surface area contributed by atoms with E-state index in [-0.39, 0.29) is 23.6 Å². The largest absolute Gasteiger partial charge is 0.505 e. The van der Waals surface area contributed by atoms with Crippen molar-refractivity contribution in [1.82, 2.24) is 15.0 Å². The number of hydrogen-bond acceptors (Lipinski definition) is 18. The zero-order valence-corrected chi connectivity index (χ0v) is 29.2. The van der Waals surface area contributed by atoms with Crippen LogP contribution in [0.2, 0.25) is 0 Å². The molecule has 1 heterocycles. The van der Waals surface area contributed by atoms with E-state index >= 15 is 0 Å². The van der Waals surface area contributed by atoms with Gasteiger partial charge in [0.15, 0.2) is 11.4 Å². The van der Waals surface area contributed by atoms with Gasteiger partial charge < -0.3 is 25.6 Å². The van der Waals surface area contributed by atoms with Gasteiger partial charge in [-0.15, -0.1) is 10.2 Å². The number of carboxylic acids is 1. The third kappa shape index (κ3) is 8.66. The van der Waals surface area contributed by atoms with Crippen LogP contribution in [0.25, 0.3) is 10.8 Å². The van der Waals surface area contributed by atoms with Gasteiger partial charge in [-0.05, 0) is 36.2 Å². The molecule has 0 amide bonds. The predicted molar refractivity (Wildman–Crippen MR) is 181 cm³/mol. The Morgan fingerprint density at radius 1 is 0.962 bits per heavy atom. The average Bonchev–Trinajstić information content (AvgIpc) is 3.09. The molecule has 0 saturated carbocycles. The second-order valence-corrected chi connectivity index (χ2v) is 13.6. The predicted octanol–water partition coefficient (Wildman–Crippen LogP) is 5.47. The van der Waals surface area contributed by atoms with Crippen molar-refractivity contribution in [2.75, 3.05) is 17.7 Å². The number of ether oxygens (including phenoxy) is 1. The van der Waals surface area contributed by atoms with Crippen molar-refractivity contribution in [3.8, 4) is 11.8 Å². The highest BCUT2D eigenvalue weighted by atomic mass is 32.2. The van der Waals surface area contributed by atoms with Gasteiger partial charge in [-0.1, -0.05) is 42.7 Å². The summed E-state index contributed by atoms with van der Waals surface area (Å²) in [5.41, 5.74) is -3.38. The molecule has 3 aromatic carbocycles. The van der Waals surface area contributed by atoms with Crippen LogP contribution in [0.3, 0.4) is 0 Å². The normalized spacial score (nSPS) is 13.2. The summed E-state index contributed by atoms with van der Waals surface area (Å²) in [6.07, 6.45) is -4.47. The maximum atomic E-state index is 13.7. The van der Waals surface area contributed by atoms with Gasteiger partial charge in [0.1, 0.15) is 15.8 Å². The topological polar surface area (TPSA) is 266 Å². The second kappa shape index (κ2) is 15.6. The van der Waals surface area contributed by atoms with Crippen molar-refractivity contribution in [3.05, 3.63) is 48.0 Å². The fourth-order valence-corrected chi connectivity index (χ4v) is 6.42. The summed E-state index contributed by atoms with van der Waals surface area (Å²) in [7, 11) is -8.86. The number of halogens is 3. The van der Waals surface area contributed by atoms with Gasteiger partial charge in [0, 0.05) is 18.8 Å². The fourth-order valence-electron chi connectivity index (χ4n) is 4.68. The first kappa shape index (κ1) is 39.6. The Hall–Kier alpha value is -6.17. The Morgan fingerprint density at radius 3 is 2.17 bits per heavy atom. The lowest BCUT2D eigenvalue weighted by Crippen LogP contribution is -2.36. The van der Waals surface area contributed by atoms with E-state index in [2.05, 4.69) is 68.1 Å². The van der Waals surface area contributed by atoms with Crippen molar-refractivity contribution in [2.45, 2.75) is 42.3 Å². The van der Waals surface area contributed by atoms with Crippen molar-refractivity contribution in [2.24, 2.45) is 26.5 Å². The number of methoxy groups -OCH3 is 1. The molecule has 4 N–H and O–H groups in total. The molecule has 53 heavy (non-hydrogen) atoms. The number of nitrogens with one attached hydrogen (secondary N) is 2. The molecular formula is C29H28F3N9O10S2. The van der Waals surface area contributed by atoms with E-state index in [0.717, 1.165) is 24.3 Å². The second-order valence-electron chi connectivity index (χ2n) is 10.6. The molecule has 24 heteroatoms. The van der Waals surface area contributed by atoms with Crippen molar-refractivity contribution >= 4 is 79.4 Å². The molecule has 0 bridgehead atoms. The molecule has 282 valence electrons. The molecule has 19 nitrogen and oxygen atoms in total. The Balaban J connectivity index is 2.06. The molecule has 2 atom stereocenters. The zero-order chi connectivity index (χ0) is 39.3. The van der Waals surface area contributed by atoms with E-state index in [1.807, 2.05) is 0 Å². The monoisotopic (exact) mass is 783 g/mol. The average molecular weight is 784 g/mol. The van der Waals surface area contributed by atoms with Crippen LogP contribution >= 0.6 is 0 Å². The minimum Gasteiger partial charge on any atom is -0.505 e. The molecule has 4 aromatic rings. The van der Waals surface area contributed by atoms with Crippen LogP contribution in [0.15, 0.2) is 72.8 Å². The van der Waals surface area contributed by atoms with Crippen LogP contribution in [0.5, 0.6) is 11.8 Å². The molecule has 0 radical (unpaired) electrons. The number of anilines is 3. The first-order valence-electron chi connectivity index (χ1n) is 14.6. The SMILES string of the molecule is C=NOS(=O)(=O)c1cc2c(S(=O)(=O)ON=C)ccc(Nc3nc(NC(C(=O)O)C(C)CC)nc(OC)n3)c2c(O)c1N=Nc1ccccc1C(F)(F)F. The Morgan fingerprint density at radius 2 is 1.58 bits per heavy atom. The first-order valence-corrected chi connectivity index (χ1v) is 17.5. The van der Waals surface area contributed by atoms with Crippen LogP contribution < -0.4 is 15.4 Å². The molecule has 0 aliphatic carbocycles. The Labute approximate surface area is 298 Å². The quantitative estimate of drug-likeness (QED) is 0.0623. The molecule has 0 saturated heterocycles. The number of alkyl halides is 3. The number of aliphatic carboxylic acids is 1. The Bertz CT molecular complexity index is 2330. The number of rotatable bonds is 16. The van der Waals surface area contributed by atoms with Gasteiger partial charge in [-0.25, -0.2) is 4.79 Å². The molecule has 0 spiro atoms. The molecular weight excluding hydrogens is 756 g/mol. The lowest BCUT2D eigenvalue weighted by molar-refractivity contribution is -0.139. The number of benzene rings is 3. The Kier molecular flexibility index (Phi) is 11.7. The molecule has 0 aliphatic heterocycles. The highest BCUT2D eigenvalue weighted by molar-refractivity contribution is 7.87. The summed E-state index contributed by atoms with van der Waals surface area (Å²) in [5, 5.41) is 38.5. The van der Waals surface area contributed by atoms with Gasteiger partial charge in [0.25, 0.3) is 0 Å². The summed E-state index contributed by atoms with van der Waals surface area (Å²) in [6, 6.07) is 4.91. The minimum atomic E-state index is -5.15. The molecule has 0 fully saturated rings. The van der Waals surface area contributed by atoms with Crippen molar-refractivity contribution in [3.63, 3.8) is 0 Å². The number of carboxylic acid groups (broad SMARTS) is 1. The van der Waals surface area contributed by atoms with Crippen LogP contribution in [0.1, 0.15) is 25.8 Å².